The Kier molecular flexibility index (Phi) is 4.66. The summed E-state index contributed by atoms with van der Waals surface area (Å²) in [4.78, 5) is 7.13. The molecular formula is C39H22N2O3. The van der Waals surface area contributed by atoms with Gasteiger partial charge < -0.3 is 13.3 Å². The predicted octanol–water partition coefficient (Wildman–Crippen LogP) is 11.4. The number of furan rings is 3. The van der Waals surface area contributed by atoms with Crippen molar-refractivity contribution in [3.8, 4) is 0 Å². The highest BCUT2D eigenvalue weighted by atomic mass is 16.3. The van der Waals surface area contributed by atoms with E-state index >= 15 is 0 Å². The summed E-state index contributed by atoms with van der Waals surface area (Å²) in [5.41, 5.74) is 6.91. The van der Waals surface area contributed by atoms with Crippen LogP contribution < -0.4 is 4.90 Å². The van der Waals surface area contributed by atoms with Crippen LogP contribution in [0.5, 0.6) is 0 Å². The molecule has 0 N–H and O–H groups in total. The molecule has 5 nitrogen and oxygen atoms in total. The molecule has 0 saturated carbocycles. The summed E-state index contributed by atoms with van der Waals surface area (Å²) in [6.07, 6.45) is 1.83. The van der Waals surface area contributed by atoms with Crippen molar-refractivity contribution in [3.63, 3.8) is 0 Å². The van der Waals surface area contributed by atoms with Crippen LogP contribution in [0.25, 0.3) is 76.6 Å². The molecule has 206 valence electrons. The standard InChI is InChI=1S/C39H22N2O3/c1-2-8-24-18-36-30(17-23(24)7-1)32-21-39(40-22-38(32)44-36)41(25-14-16-35-31(19-25)28-10-4-6-12-34(28)42-35)26-13-15-29-27-9-3-5-11-33(27)43-37(29)20-26/h1-22H. The number of rotatable bonds is 3. The van der Waals surface area contributed by atoms with E-state index in [9.17, 15) is 0 Å². The lowest BCUT2D eigenvalue weighted by Crippen LogP contribution is -2.11. The van der Waals surface area contributed by atoms with Crippen LogP contribution in [0.1, 0.15) is 0 Å². The van der Waals surface area contributed by atoms with Gasteiger partial charge in [-0.25, -0.2) is 4.98 Å². The summed E-state index contributed by atoms with van der Waals surface area (Å²) in [5, 5.41) is 8.70. The zero-order valence-corrected chi connectivity index (χ0v) is 23.3. The number of nitrogens with zero attached hydrogens (tertiary/aromatic N) is 2. The molecule has 5 heteroatoms. The minimum absolute atomic E-state index is 0.753. The molecule has 0 aliphatic heterocycles. The van der Waals surface area contributed by atoms with Gasteiger partial charge in [0.15, 0.2) is 5.58 Å². The topological polar surface area (TPSA) is 55.6 Å². The second kappa shape index (κ2) is 8.72. The highest BCUT2D eigenvalue weighted by molar-refractivity contribution is 6.12. The van der Waals surface area contributed by atoms with Crippen LogP contribution in [0.4, 0.5) is 17.2 Å². The fraction of sp³-hybridized carbons (Fsp3) is 0. The molecular weight excluding hydrogens is 544 g/mol. The monoisotopic (exact) mass is 566 g/mol. The lowest BCUT2D eigenvalue weighted by atomic mass is 10.1. The first-order valence-corrected chi connectivity index (χ1v) is 14.6. The molecule has 0 saturated heterocycles. The number of hydrogen-bond acceptors (Lipinski definition) is 5. The highest BCUT2D eigenvalue weighted by Gasteiger charge is 2.20. The van der Waals surface area contributed by atoms with Crippen molar-refractivity contribution in [2.45, 2.75) is 0 Å². The van der Waals surface area contributed by atoms with Gasteiger partial charge in [0.05, 0.1) is 11.9 Å². The zero-order chi connectivity index (χ0) is 28.8. The van der Waals surface area contributed by atoms with Crippen LogP contribution in [0.2, 0.25) is 0 Å². The van der Waals surface area contributed by atoms with Crippen molar-refractivity contribution in [3.05, 3.63) is 134 Å². The number of para-hydroxylation sites is 2. The average molecular weight is 567 g/mol. The second-order valence-electron chi connectivity index (χ2n) is 11.2. The third-order valence-corrected chi connectivity index (χ3v) is 8.68. The van der Waals surface area contributed by atoms with E-state index in [-0.39, 0.29) is 0 Å². The third-order valence-electron chi connectivity index (χ3n) is 8.68. The van der Waals surface area contributed by atoms with Crippen molar-refractivity contribution in [1.82, 2.24) is 4.98 Å². The predicted molar refractivity (Wildman–Crippen MR) is 178 cm³/mol. The van der Waals surface area contributed by atoms with E-state index < -0.39 is 0 Å². The van der Waals surface area contributed by atoms with Gasteiger partial charge in [-0.1, -0.05) is 60.7 Å². The van der Waals surface area contributed by atoms with E-state index in [0.717, 1.165) is 88.4 Å². The summed E-state index contributed by atoms with van der Waals surface area (Å²) < 4.78 is 18.8. The first kappa shape index (κ1) is 23.5. The number of benzene rings is 6. The lowest BCUT2D eigenvalue weighted by Gasteiger charge is -2.24. The summed E-state index contributed by atoms with van der Waals surface area (Å²) in [7, 11) is 0. The Balaban J connectivity index is 1.23. The van der Waals surface area contributed by atoms with Gasteiger partial charge in [-0.15, -0.1) is 0 Å². The normalized spacial score (nSPS) is 12.1. The third kappa shape index (κ3) is 3.38. The summed E-state index contributed by atoms with van der Waals surface area (Å²) in [5.74, 6) is 0.774. The van der Waals surface area contributed by atoms with Crippen LogP contribution in [0, 0.1) is 0 Å². The Morgan fingerprint density at radius 1 is 0.386 bits per heavy atom. The molecule has 6 aromatic carbocycles. The van der Waals surface area contributed by atoms with Gasteiger partial charge in [0.25, 0.3) is 0 Å². The molecule has 0 radical (unpaired) electrons. The van der Waals surface area contributed by atoms with E-state index in [1.165, 1.54) is 5.39 Å². The van der Waals surface area contributed by atoms with Crippen LogP contribution in [0.15, 0.2) is 147 Å². The number of hydrogen-bond donors (Lipinski definition) is 0. The Morgan fingerprint density at radius 2 is 0.932 bits per heavy atom. The molecule has 10 rings (SSSR count). The molecule has 0 aliphatic carbocycles. The van der Waals surface area contributed by atoms with Gasteiger partial charge in [0.2, 0.25) is 0 Å². The summed E-state index contributed by atoms with van der Waals surface area (Å²) in [6.45, 7) is 0. The molecule has 0 spiro atoms. The number of aromatic nitrogens is 1. The number of anilines is 3. The Morgan fingerprint density at radius 3 is 1.77 bits per heavy atom. The first-order chi connectivity index (χ1) is 21.8. The fourth-order valence-electron chi connectivity index (χ4n) is 6.60. The summed E-state index contributed by atoms with van der Waals surface area (Å²) >= 11 is 0. The van der Waals surface area contributed by atoms with Gasteiger partial charge in [0.1, 0.15) is 33.7 Å². The van der Waals surface area contributed by atoms with E-state index in [1.807, 2.05) is 54.7 Å². The van der Waals surface area contributed by atoms with E-state index in [1.54, 1.807) is 0 Å². The van der Waals surface area contributed by atoms with Crippen LogP contribution in [0.3, 0.4) is 0 Å². The quantitative estimate of drug-likeness (QED) is 0.213. The molecule has 0 bridgehead atoms. The maximum atomic E-state index is 6.31. The Hall–Kier alpha value is -6.07. The molecule has 44 heavy (non-hydrogen) atoms. The molecule has 0 fully saturated rings. The number of pyridine rings is 1. The second-order valence-corrected chi connectivity index (χ2v) is 11.2. The SMILES string of the molecule is c1ccc2cc3c(cc2c1)oc1cnc(N(c2ccc4c(c2)oc2ccccc24)c2ccc4oc5ccccc5c4c2)cc13. The van der Waals surface area contributed by atoms with Gasteiger partial charge >= 0.3 is 0 Å². The van der Waals surface area contributed by atoms with Crippen LogP contribution in [-0.2, 0) is 0 Å². The zero-order valence-electron chi connectivity index (χ0n) is 23.3. The van der Waals surface area contributed by atoms with E-state index in [0.29, 0.717) is 0 Å². The fourth-order valence-corrected chi connectivity index (χ4v) is 6.60. The maximum Gasteiger partial charge on any atom is 0.153 e. The van der Waals surface area contributed by atoms with E-state index in [4.69, 9.17) is 18.2 Å². The molecule has 0 unspecified atom stereocenters. The van der Waals surface area contributed by atoms with Crippen molar-refractivity contribution >= 4 is 93.8 Å². The van der Waals surface area contributed by atoms with Crippen LogP contribution >= 0.6 is 0 Å². The summed E-state index contributed by atoms with van der Waals surface area (Å²) in [6, 6.07) is 43.7. The van der Waals surface area contributed by atoms with Crippen molar-refractivity contribution in [2.24, 2.45) is 0 Å². The molecule has 0 amide bonds. The maximum absolute atomic E-state index is 6.31. The van der Waals surface area contributed by atoms with E-state index in [2.05, 4.69) is 83.8 Å². The minimum Gasteiger partial charge on any atom is -0.456 e. The van der Waals surface area contributed by atoms with Crippen LogP contribution in [-0.4, -0.2) is 4.98 Å². The van der Waals surface area contributed by atoms with Crippen molar-refractivity contribution in [2.75, 3.05) is 4.90 Å². The van der Waals surface area contributed by atoms with Gasteiger partial charge in [-0.05, 0) is 71.4 Å². The van der Waals surface area contributed by atoms with Gasteiger partial charge in [-0.3, -0.25) is 4.90 Å². The van der Waals surface area contributed by atoms with Crippen molar-refractivity contribution < 1.29 is 13.3 Å². The molecule has 10 aromatic rings. The lowest BCUT2D eigenvalue weighted by molar-refractivity contribution is 0.667. The Bertz CT molecular complexity index is 2750. The first-order valence-electron chi connectivity index (χ1n) is 14.6. The largest absolute Gasteiger partial charge is 0.456 e. The minimum atomic E-state index is 0.753. The van der Waals surface area contributed by atoms with Gasteiger partial charge in [0, 0.05) is 44.1 Å². The van der Waals surface area contributed by atoms with Gasteiger partial charge in [-0.2, -0.15) is 0 Å². The average Bonchev–Trinajstić information content (AvgIpc) is 3.74. The smallest absolute Gasteiger partial charge is 0.153 e. The van der Waals surface area contributed by atoms with Crippen molar-refractivity contribution in [1.29, 1.82) is 0 Å². The highest BCUT2D eigenvalue weighted by Crippen LogP contribution is 2.42. The molecule has 0 atom stereocenters. The molecule has 4 aromatic heterocycles. The number of fused-ring (bicyclic) bond motifs is 10. The Labute approximate surface area is 250 Å². The molecule has 4 heterocycles. The molecule has 0 aliphatic rings.